The summed E-state index contributed by atoms with van der Waals surface area (Å²) >= 11 is 0. The normalized spacial score (nSPS) is 48.1. The molecule has 3 heteroatoms. The van der Waals surface area contributed by atoms with Crippen molar-refractivity contribution in [1.29, 1.82) is 0 Å². The van der Waals surface area contributed by atoms with E-state index >= 15 is 0 Å². The van der Waals surface area contributed by atoms with Gasteiger partial charge in [-0.25, -0.2) is 0 Å². The summed E-state index contributed by atoms with van der Waals surface area (Å²) in [6, 6.07) is 8.74. The van der Waals surface area contributed by atoms with Crippen LogP contribution in [0.25, 0.3) is 0 Å². The van der Waals surface area contributed by atoms with Gasteiger partial charge in [0.2, 0.25) is 0 Å². The predicted octanol–water partition coefficient (Wildman–Crippen LogP) is 2.91. The monoisotopic (exact) mass is 314 g/mol. The molecule has 23 heavy (non-hydrogen) atoms. The van der Waals surface area contributed by atoms with Crippen LogP contribution < -0.4 is 0 Å². The number of aliphatic hydroxyl groups excluding tert-OH is 1. The minimum absolute atomic E-state index is 0.0674. The molecular formula is C20H26O3. The van der Waals surface area contributed by atoms with Crippen molar-refractivity contribution in [1.82, 2.24) is 0 Å². The summed E-state index contributed by atoms with van der Waals surface area (Å²) in [5, 5.41) is 11.1. The van der Waals surface area contributed by atoms with Crippen LogP contribution in [0, 0.1) is 17.3 Å². The van der Waals surface area contributed by atoms with Crippen molar-refractivity contribution >= 4 is 0 Å². The van der Waals surface area contributed by atoms with Crippen LogP contribution >= 0.6 is 0 Å². The maximum atomic E-state index is 11.1. The van der Waals surface area contributed by atoms with E-state index in [-0.39, 0.29) is 23.7 Å². The van der Waals surface area contributed by atoms with E-state index in [0.717, 1.165) is 25.9 Å². The Morgan fingerprint density at radius 3 is 2.91 bits per heavy atom. The SMILES string of the molecule is C[C@]12CC(O)[C@@H]3c4ccccc4CC[C@H]3[C@@H]1CC1OCCOC12. The second kappa shape index (κ2) is 5.05. The first kappa shape index (κ1) is 14.4. The lowest BCUT2D eigenvalue weighted by Gasteiger charge is -2.52. The van der Waals surface area contributed by atoms with Crippen LogP contribution in [0.5, 0.6) is 0 Å². The molecule has 7 atom stereocenters. The minimum atomic E-state index is -0.257. The summed E-state index contributed by atoms with van der Waals surface area (Å²) in [6.07, 6.45) is 4.45. The van der Waals surface area contributed by atoms with Crippen molar-refractivity contribution in [3.8, 4) is 0 Å². The second-order valence-corrected chi connectivity index (χ2v) is 8.25. The Hall–Kier alpha value is -0.900. The molecular weight excluding hydrogens is 288 g/mol. The Kier molecular flexibility index (Phi) is 3.17. The van der Waals surface area contributed by atoms with Crippen LogP contribution in [0.1, 0.15) is 43.2 Å². The van der Waals surface area contributed by atoms with Gasteiger partial charge in [-0.3, -0.25) is 0 Å². The van der Waals surface area contributed by atoms with E-state index in [9.17, 15) is 5.11 Å². The van der Waals surface area contributed by atoms with Crippen LogP contribution in [0.15, 0.2) is 24.3 Å². The van der Waals surface area contributed by atoms with Crippen molar-refractivity contribution in [3.05, 3.63) is 35.4 Å². The number of aryl methyl sites for hydroxylation is 1. The Morgan fingerprint density at radius 2 is 2.00 bits per heavy atom. The van der Waals surface area contributed by atoms with Crippen LogP contribution in [-0.4, -0.2) is 36.6 Å². The van der Waals surface area contributed by atoms with Gasteiger partial charge in [0.25, 0.3) is 0 Å². The molecule has 1 aliphatic heterocycles. The quantitative estimate of drug-likeness (QED) is 0.800. The maximum absolute atomic E-state index is 11.1. The van der Waals surface area contributed by atoms with Crippen LogP contribution in [0.4, 0.5) is 0 Å². The van der Waals surface area contributed by atoms with Gasteiger partial charge in [0.1, 0.15) is 0 Å². The van der Waals surface area contributed by atoms with Gasteiger partial charge >= 0.3 is 0 Å². The smallest absolute Gasteiger partial charge is 0.0895 e. The number of hydrogen-bond donors (Lipinski definition) is 1. The third-order valence-electron chi connectivity index (χ3n) is 7.24. The molecule has 1 aromatic rings. The van der Waals surface area contributed by atoms with Gasteiger partial charge in [-0.1, -0.05) is 31.2 Å². The van der Waals surface area contributed by atoms with Gasteiger partial charge in [-0.15, -0.1) is 0 Å². The van der Waals surface area contributed by atoms with Crippen molar-refractivity contribution in [2.45, 2.75) is 56.8 Å². The zero-order valence-electron chi connectivity index (χ0n) is 13.8. The zero-order chi connectivity index (χ0) is 15.6. The fraction of sp³-hybridized carbons (Fsp3) is 0.700. The van der Waals surface area contributed by atoms with Gasteiger partial charge in [-0.2, -0.15) is 0 Å². The molecule has 1 N–H and O–H groups in total. The highest BCUT2D eigenvalue weighted by atomic mass is 16.6. The average molecular weight is 314 g/mol. The molecule has 5 rings (SSSR count). The predicted molar refractivity (Wildman–Crippen MR) is 87.3 cm³/mol. The first-order valence-corrected chi connectivity index (χ1v) is 9.17. The number of hydrogen-bond acceptors (Lipinski definition) is 3. The van der Waals surface area contributed by atoms with E-state index in [1.807, 2.05) is 0 Å². The molecule has 0 aromatic heterocycles. The largest absolute Gasteiger partial charge is 0.392 e. The van der Waals surface area contributed by atoms with E-state index in [1.165, 1.54) is 17.5 Å². The molecule has 0 spiro atoms. The fourth-order valence-corrected chi connectivity index (χ4v) is 6.38. The molecule has 3 fully saturated rings. The van der Waals surface area contributed by atoms with Crippen LogP contribution in [0.2, 0.25) is 0 Å². The summed E-state index contributed by atoms with van der Waals surface area (Å²) in [6.45, 7) is 3.77. The topological polar surface area (TPSA) is 38.7 Å². The van der Waals surface area contributed by atoms with E-state index in [1.54, 1.807) is 0 Å². The third kappa shape index (κ3) is 1.93. The first-order chi connectivity index (χ1) is 11.2. The maximum Gasteiger partial charge on any atom is 0.0895 e. The first-order valence-electron chi connectivity index (χ1n) is 9.17. The average Bonchev–Trinajstić information content (AvgIpc) is 2.87. The molecule has 124 valence electrons. The Balaban J connectivity index is 1.55. The molecule has 2 saturated carbocycles. The van der Waals surface area contributed by atoms with Gasteiger partial charge < -0.3 is 14.6 Å². The van der Waals surface area contributed by atoms with E-state index in [4.69, 9.17) is 9.47 Å². The van der Waals surface area contributed by atoms with Crippen molar-refractivity contribution < 1.29 is 14.6 Å². The van der Waals surface area contributed by atoms with Gasteiger partial charge in [0.05, 0.1) is 31.5 Å². The molecule has 1 heterocycles. The molecule has 3 aliphatic carbocycles. The highest BCUT2D eigenvalue weighted by molar-refractivity contribution is 5.36. The Morgan fingerprint density at radius 1 is 1.17 bits per heavy atom. The van der Waals surface area contributed by atoms with Crippen LogP contribution in [-0.2, 0) is 15.9 Å². The number of fused-ring (bicyclic) bond motifs is 7. The highest BCUT2D eigenvalue weighted by Gasteiger charge is 2.62. The van der Waals surface area contributed by atoms with Crippen molar-refractivity contribution in [3.63, 3.8) is 0 Å². The molecule has 0 amide bonds. The summed E-state index contributed by atoms with van der Waals surface area (Å²) in [5.41, 5.74) is 2.91. The zero-order valence-corrected chi connectivity index (χ0v) is 13.8. The number of aliphatic hydroxyl groups is 1. The minimum Gasteiger partial charge on any atom is -0.392 e. The highest BCUT2D eigenvalue weighted by Crippen LogP contribution is 2.62. The van der Waals surface area contributed by atoms with Crippen molar-refractivity contribution in [2.75, 3.05) is 13.2 Å². The molecule has 0 bridgehead atoms. The summed E-state index contributed by atoms with van der Waals surface area (Å²) in [5.74, 6) is 1.48. The standard InChI is InChI=1S/C20H26O3/c1-20-11-16(21)18-13-5-3-2-4-12(13)6-7-14(18)15(20)10-17-19(20)23-9-8-22-17/h2-5,14-19,21H,6-11H2,1H3/t14-,15-,16?,17?,18+,19?,20-/m0/s1. The second-order valence-electron chi connectivity index (χ2n) is 8.25. The van der Waals surface area contributed by atoms with E-state index in [0.29, 0.717) is 24.4 Å². The van der Waals surface area contributed by atoms with Crippen LogP contribution in [0.3, 0.4) is 0 Å². The number of ether oxygens (including phenoxy) is 2. The van der Waals surface area contributed by atoms with E-state index < -0.39 is 0 Å². The Bertz CT molecular complexity index is 615. The summed E-state index contributed by atoms with van der Waals surface area (Å²) < 4.78 is 12.2. The molecule has 3 nitrogen and oxygen atoms in total. The molecule has 3 unspecified atom stereocenters. The van der Waals surface area contributed by atoms with Gasteiger partial charge in [0.15, 0.2) is 0 Å². The number of rotatable bonds is 0. The Labute approximate surface area is 138 Å². The molecule has 4 aliphatic rings. The van der Waals surface area contributed by atoms with Gasteiger partial charge in [-0.05, 0) is 48.6 Å². The molecule has 1 saturated heterocycles. The fourth-order valence-electron chi connectivity index (χ4n) is 6.38. The molecule has 0 radical (unpaired) electrons. The lowest BCUT2D eigenvalue weighted by atomic mass is 9.54. The summed E-state index contributed by atoms with van der Waals surface area (Å²) in [4.78, 5) is 0. The van der Waals surface area contributed by atoms with Gasteiger partial charge in [0, 0.05) is 11.3 Å². The lowest BCUT2D eigenvalue weighted by molar-refractivity contribution is -0.171. The van der Waals surface area contributed by atoms with Crippen molar-refractivity contribution in [2.24, 2.45) is 17.3 Å². The molecule has 1 aromatic carbocycles. The third-order valence-corrected chi connectivity index (χ3v) is 7.24. The summed E-state index contributed by atoms with van der Waals surface area (Å²) in [7, 11) is 0. The van der Waals surface area contributed by atoms with E-state index in [2.05, 4.69) is 31.2 Å². The lowest BCUT2D eigenvalue weighted by Crippen LogP contribution is -2.52. The number of benzene rings is 1.